The highest BCUT2D eigenvalue weighted by molar-refractivity contribution is 5.44. The Kier molecular flexibility index (Phi) is 5.30. The number of ether oxygens (including phenoxy) is 2. The number of unbranched alkanes of at least 4 members (excludes halogenated alkanes) is 1. The zero-order valence-electron chi connectivity index (χ0n) is 12.9. The first-order valence-electron chi connectivity index (χ1n) is 7.77. The smallest absolute Gasteiger partial charge is 0.161 e. The Balaban J connectivity index is 2.09. The van der Waals surface area contributed by atoms with Crippen molar-refractivity contribution in [3.63, 3.8) is 0 Å². The third kappa shape index (κ3) is 3.09. The summed E-state index contributed by atoms with van der Waals surface area (Å²) in [6.45, 7) is 5.13. The maximum atomic E-state index is 6.09. The molecule has 3 heteroatoms. The average Bonchev–Trinajstić information content (AvgIpc) is 2.45. The molecule has 1 fully saturated rings. The number of hydrogen-bond donors (Lipinski definition) is 1. The number of benzene rings is 1. The SMILES string of the molecule is CCCCOc1ccc(C2CC(N)C2CC)cc1OC. The fourth-order valence-electron chi connectivity index (χ4n) is 3.08. The minimum atomic E-state index is 0.358. The predicted octanol–water partition coefficient (Wildman–Crippen LogP) is 3.71. The third-order valence-corrected chi connectivity index (χ3v) is 4.44. The van der Waals surface area contributed by atoms with Crippen molar-refractivity contribution >= 4 is 0 Å². The van der Waals surface area contributed by atoms with Gasteiger partial charge in [-0.3, -0.25) is 0 Å². The Hall–Kier alpha value is -1.22. The molecular formula is C17H27NO2. The summed E-state index contributed by atoms with van der Waals surface area (Å²) in [7, 11) is 1.70. The molecule has 2 rings (SSSR count). The molecule has 1 aromatic rings. The molecule has 20 heavy (non-hydrogen) atoms. The molecule has 1 aromatic carbocycles. The minimum absolute atomic E-state index is 0.358. The Bertz CT molecular complexity index is 433. The van der Waals surface area contributed by atoms with Crippen LogP contribution in [0.2, 0.25) is 0 Å². The maximum Gasteiger partial charge on any atom is 0.161 e. The lowest BCUT2D eigenvalue weighted by Crippen LogP contribution is -2.45. The Morgan fingerprint density at radius 2 is 2.05 bits per heavy atom. The Labute approximate surface area is 122 Å². The van der Waals surface area contributed by atoms with Gasteiger partial charge in [-0.2, -0.15) is 0 Å². The van der Waals surface area contributed by atoms with Crippen LogP contribution in [0, 0.1) is 5.92 Å². The van der Waals surface area contributed by atoms with Gasteiger partial charge < -0.3 is 15.2 Å². The van der Waals surface area contributed by atoms with Crippen LogP contribution in [0.3, 0.4) is 0 Å². The fourth-order valence-corrected chi connectivity index (χ4v) is 3.08. The monoisotopic (exact) mass is 277 g/mol. The van der Waals surface area contributed by atoms with Crippen LogP contribution < -0.4 is 15.2 Å². The maximum absolute atomic E-state index is 6.09. The molecule has 112 valence electrons. The molecule has 1 aliphatic rings. The van der Waals surface area contributed by atoms with E-state index < -0.39 is 0 Å². The van der Waals surface area contributed by atoms with Gasteiger partial charge in [0.15, 0.2) is 11.5 Å². The molecular weight excluding hydrogens is 250 g/mol. The third-order valence-electron chi connectivity index (χ3n) is 4.44. The molecule has 0 aromatic heterocycles. The summed E-state index contributed by atoms with van der Waals surface area (Å²) >= 11 is 0. The van der Waals surface area contributed by atoms with Gasteiger partial charge in [0, 0.05) is 6.04 Å². The van der Waals surface area contributed by atoms with E-state index in [-0.39, 0.29) is 0 Å². The van der Waals surface area contributed by atoms with Gasteiger partial charge in [0.25, 0.3) is 0 Å². The van der Waals surface area contributed by atoms with Crippen LogP contribution in [-0.2, 0) is 0 Å². The number of nitrogens with two attached hydrogens (primary N) is 1. The van der Waals surface area contributed by atoms with E-state index in [1.807, 2.05) is 6.07 Å². The Morgan fingerprint density at radius 3 is 2.65 bits per heavy atom. The number of hydrogen-bond acceptors (Lipinski definition) is 3. The van der Waals surface area contributed by atoms with Crippen molar-refractivity contribution in [1.82, 2.24) is 0 Å². The zero-order valence-corrected chi connectivity index (χ0v) is 12.9. The predicted molar refractivity (Wildman–Crippen MR) is 82.5 cm³/mol. The highest BCUT2D eigenvalue weighted by Crippen LogP contribution is 2.45. The van der Waals surface area contributed by atoms with Gasteiger partial charge in [-0.15, -0.1) is 0 Å². The van der Waals surface area contributed by atoms with Gasteiger partial charge >= 0.3 is 0 Å². The van der Waals surface area contributed by atoms with E-state index in [2.05, 4.69) is 26.0 Å². The first kappa shape index (κ1) is 15.2. The molecule has 0 aliphatic heterocycles. The molecule has 1 saturated carbocycles. The van der Waals surface area contributed by atoms with Crippen LogP contribution in [0.4, 0.5) is 0 Å². The largest absolute Gasteiger partial charge is 0.493 e. The topological polar surface area (TPSA) is 44.5 Å². The van der Waals surface area contributed by atoms with Crippen LogP contribution in [0.15, 0.2) is 18.2 Å². The van der Waals surface area contributed by atoms with Gasteiger partial charge in [-0.1, -0.05) is 32.8 Å². The lowest BCUT2D eigenvalue weighted by atomic mass is 9.65. The van der Waals surface area contributed by atoms with E-state index in [0.29, 0.717) is 17.9 Å². The second-order valence-electron chi connectivity index (χ2n) is 5.69. The van der Waals surface area contributed by atoms with Crippen molar-refractivity contribution in [2.24, 2.45) is 11.7 Å². The van der Waals surface area contributed by atoms with Gasteiger partial charge in [0.05, 0.1) is 13.7 Å². The first-order valence-corrected chi connectivity index (χ1v) is 7.77. The molecule has 0 saturated heterocycles. The lowest BCUT2D eigenvalue weighted by molar-refractivity contribution is 0.198. The molecule has 0 spiro atoms. The standard InChI is InChI=1S/C17H27NO2/c1-4-6-9-20-16-8-7-12(10-17(16)19-3)14-11-15(18)13(14)5-2/h7-8,10,13-15H,4-6,9,11,18H2,1-3H3. The van der Waals surface area contributed by atoms with Gasteiger partial charge in [0.2, 0.25) is 0 Å². The summed E-state index contributed by atoms with van der Waals surface area (Å²) in [4.78, 5) is 0. The van der Waals surface area contributed by atoms with Crippen molar-refractivity contribution in [2.75, 3.05) is 13.7 Å². The molecule has 1 aliphatic carbocycles. The van der Waals surface area contributed by atoms with Crippen LogP contribution >= 0.6 is 0 Å². The quantitative estimate of drug-likeness (QED) is 0.773. The molecule has 3 atom stereocenters. The highest BCUT2D eigenvalue weighted by Gasteiger charge is 2.38. The molecule has 0 heterocycles. The summed E-state index contributed by atoms with van der Waals surface area (Å²) < 4.78 is 11.3. The van der Waals surface area contributed by atoms with Gasteiger partial charge in [0.1, 0.15) is 0 Å². The van der Waals surface area contributed by atoms with Gasteiger partial charge in [-0.05, 0) is 42.4 Å². The fraction of sp³-hybridized carbons (Fsp3) is 0.647. The van der Waals surface area contributed by atoms with Crippen molar-refractivity contribution in [2.45, 2.75) is 51.5 Å². The molecule has 2 N–H and O–H groups in total. The molecule has 3 nitrogen and oxygen atoms in total. The second-order valence-corrected chi connectivity index (χ2v) is 5.69. The summed E-state index contributed by atoms with van der Waals surface area (Å²) in [5.41, 5.74) is 7.42. The normalized spacial score (nSPS) is 25.1. The summed E-state index contributed by atoms with van der Waals surface area (Å²) in [6, 6.07) is 6.70. The van der Waals surface area contributed by atoms with Crippen molar-refractivity contribution in [3.8, 4) is 11.5 Å². The highest BCUT2D eigenvalue weighted by atomic mass is 16.5. The van der Waals surface area contributed by atoms with Crippen molar-refractivity contribution in [3.05, 3.63) is 23.8 Å². The molecule has 0 radical (unpaired) electrons. The average molecular weight is 277 g/mol. The van der Waals surface area contributed by atoms with Gasteiger partial charge in [-0.25, -0.2) is 0 Å². The summed E-state index contributed by atoms with van der Waals surface area (Å²) in [5, 5.41) is 0. The van der Waals surface area contributed by atoms with E-state index in [1.165, 1.54) is 5.56 Å². The lowest BCUT2D eigenvalue weighted by Gasteiger charge is -2.43. The number of rotatable bonds is 7. The van der Waals surface area contributed by atoms with Crippen molar-refractivity contribution in [1.29, 1.82) is 0 Å². The second kappa shape index (κ2) is 6.98. The molecule has 3 unspecified atom stereocenters. The van der Waals surface area contributed by atoms with E-state index in [9.17, 15) is 0 Å². The van der Waals surface area contributed by atoms with E-state index in [1.54, 1.807) is 7.11 Å². The Morgan fingerprint density at radius 1 is 1.25 bits per heavy atom. The van der Waals surface area contributed by atoms with E-state index >= 15 is 0 Å². The van der Waals surface area contributed by atoms with E-state index in [4.69, 9.17) is 15.2 Å². The molecule has 0 amide bonds. The minimum Gasteiger partial charge on any atom is -0.493 e. The number of methoxy groups -OCH3 is 1. The molecule has 0 bridgehead atoms. The van der Waals surface area contributed by atoms with E-state index in [0.717, 1.165) is 43.8 Å². The van der Waals surface area contributed by atoms with Crippen LogP contribution in [-0.4, -0.2) is 19.8 Å². The van der Waals surface area contributed by atoms with Crippen LogP contribution in [0.5, 0.6) is 11.5 Å². The van der Waals surface area contributed by atoms with Crippen LogP contribution in [0.25, 0.3) is 0 Å². The summed E-state index contributed by atoms with van der Waals surface area (Å²) in [6.07, 6.45) is 4.43. The summed E-state index contributed by atoms with van der Waals surface area (Å²) in [5.74, 6) is 2.87. The van der Waals surface area contributed by atoms with Crippen LogP contribution in [0.1, 0.15) is 51.0 Å². The zero-order chi connectivity index (χ0) is 14.5. The first-order chi connectivity index (χ1) is 9.71. The van der Waals surface area contributed by atoms with Crippen molar-refractivity contribution < 1.29 is 9.47 Å².